The molecule has 2 fully saturated rings. The SMILES string of the molecule is CCC1CCCN(C(=NC2CC2)NN)C1. The van der Waals surface area contributed by atoms with Crippen LogP contribution >= 0.6 is 0 Å². The highest BCUT2D eigenvalue weighted by Crippen LogP contribution is 2.25. The van der Waals surface area contributed by atoms with Crippen LogP contribution in [0.2, 0.25) is 0 Å². The Kier molecular flexibility index (Phi) is 3.46. The lowest BCUT2D eigenvalue weighted by Crippen LogP contribution is -2.49. The van der Waals surface area contributed by atoms with E-state index in [1.165, 1.54) is 32.1 Å². The molecule has 2 rings (SSSR count). The number of piperidine rings is 1. The van der Waals surface area contributed by atoms with Gasteiger partial charge in [-0.3, -0.25) is 5.43 Å². The van der Waals surface area contributed by atoms with Gasteiger partial charge in [0.1, 0.15) is 0 Å². The van der Waals surface area contributed by atoms with Crippen molar-refractivity contribution < 1.29 is 0 Å². The number of hydrogen-bond acceptors (Lipinski definition) is 2. The van der Waals surface area contributed by atoms with E-state index in [1.54, 1.807) is 0 Å². The molecule has 1 aliphatic carbocycles. The van der Waals surface area contributed by atoms with Gasteiger partial charge in [-0.25, -0.2) is 10.8 Å². The number of hydrazine groups is 1. The Hall–Kier alpha value is -0.770. The summed E-state index contributed by atoms with van der Waals surface area (Å²) >= 11 is 0. The molecule has 0 aromatic rings. The second-order valence-corrected chi connectivity index (χ2v) is 4.69. The summed E-state index contributed by atoms with van der Waals surface area (Å²) in [7, 11) is 0. The molecule has 1 atom stereocenters. The summed E-state index contributed by atoms with van der Waals surface area (Å²) in [6.07, 6.45) is 6.35. The molecular formula is C11H22N4. The highest BCUT2D eigenvalue weighted by Gasteiger charge is 2.25. The fraction of sp³-hybridized carbons (Fsp3) is 0.909. The molecule has 2 aliphatic rings. The Morgan fingerprint density at radius 1 is 1.47 bits per heavy atom. The van der Waals surface area contributed by atoms with Gasteiger partial charge in [0.25, 0.3) is 0 Å². The van der Waals surface area contributed by atoms with Gasteiger partial charge in [0, 0.05) is 13.1 Å². The fourth-order valence-electron chi connectivity index (χ4n) is 2.18. The number of guanidine groups is 1. The van der Waals surface area contributed by atoms with Crippen LogP contribution in [0.15, 0.2) is 4.99 Å². The molecule has 0 aromatic carbocycles. The van der Waals surface area contributed by atoms with Crippen LogP contribution in [0.3, 0.4) is 0 Å². The predicted octanol–water partition coefficient (Wildman–Crippen LogP) is 1.09. The summed E-state index contributed by atoms with van der Waals surface area (Å²) in [4.78, 5) is 6.92. The lowest BCUT2D eigenvalue weighted by molar-refractivity contribution is 0.247. The fourth-order valence-corrected chi connectivity index (χ4v) is 2.18. The van der Waals surface area contributed by atoms with Gasteiger partial charge in [0.15, 0.2) is 0 Å². The van der Waals surface area contributed by atoms with Crippen molar-refractivity contribution in [2.75, 3.05) is 13.1 Å². The highest BCUT2D eigenvalue weighted by molar-refractivity contribution is 5.79. The van der Waals surface area contributed by atoms with Crippen LogP contribution in [0.25, 0.3) is 0 Å². The van der Waals surface area contributed by atoms with Gasteiger partial charge >= 0.3 is 0 Å². The van der Waals surface area contributed by atoms with Gasteiger partial charge < -0.3 is 4.90 Å². The minimum absolute atomic E-state index is 0.540. The van der Waals surface area contributed by atoms with Crippen molar-refractivity contribution in [2.24, 2.45) is 16.8 Å². The van der Waals surface area contributed by atoms with Crippen LogP contribution in [0.1, 0.15) is 39.0 Å². The maximum absolute atomic E-state index is 5.54. The van der Waals surface area contributed by atoms with E-state index in [0.717, 1.165) is 25.0 Å². The van der Waals surface area contributed by atoms with Gasteiger partial charge in [-0.2, -0.15) is 0 Å². The lowest BCUT2D eigenvalue weighted by Gasteiger charge is -2.34. The Morgan fingerprint density at radius 3 is 2.87 bits per heavy atom. The van der Waals surface area contributed by atoms with E-state index >= 15 is 0 Å². The number of likely N-dealkylation sites (tertiary alicyclic amines) is 1. The molecule has 86 valence electrons. The third-order valence-electron chi connectivity index (χ3n) is 3.38. The van der Waals surface area contributed by atoms with E-state index in [4.69, 9.17) is 5.84 Å². The van der Waals surface area contributed by atoms with E-state index in [-0.39, 0.29) is 0 Å². The normalized spacial score (nSPS) is 28.0. The molecule has 1 saturated heterocycles. The van der Waals surface area contributed by atoms with Crippen molar-refractivity contribution in [3.63, 3.8) is 0 Å². The largest absolute Gasteiger partial charge is 0.342 e. The van der Waals surface area contributed by atoms with Crippen molar-refractivity contribution in [1.29, 1.82) is 0 Å². The van der Waals surface area contributed by atoms with Crippen LogP contribution in [0.5, 0.6) is 0 Å². The molecule has 1 aliphatic heterocycles. The molecule has 4 nitrogen and oxygen atoms in total. The average Bonchev–Trinajstić information content (AvgIpc) is 3.10. The average molecular weight is 210 g/mol. The first-order valence-electron chi connectivity index (χ1n) is 6.12. The molecule has 15 heavy (non-hydrogen) atoms. The molecule has 0 radical (unpaired) electrons. The molecule has 1 saturated carbocycles. The smallest absolute Gasteiger partial charge is 0.208 e. The summed E-state index contributed by atoms with van der Waals surface area (Å²) in [5.41, 5.74) is 2.76. The second kappa shape index (κ2) is 4.84. The van der Waals surface area contributed by atoms with Gasteiger partial charge in [-0.05, 0) is 31.6 Å². The zero-order chi connectivity index (χ0) is 10.7. The van der Waals surface area contributed by atoms with Crippen LogP contribution in [-0.2, 0) is 0 Å². The van der Waals surface area contributed by atoms with Crippen LogP contribution in [0.4, 0.5) is 0 Å². The summed E-state index contributed by atoms with van der Waals surface area (Å²) in [6.45, 7) is 4.49. The first kappa shape index (κ1) is 10.7. The quantitative estimate of drug-likeness (QED) is 0.310. The summed E-state index contributed by atoms with van der Waals surface area (Å²) in [5, 5.41) is 0. The molecule has 3 N–H and O–H groups in total. The zero-order valence-electron chi connectivity index (χ0n) is 9.58. The summed E-state index contributed by atoms with van der Waals surface area (Å²) < 4.78 is 0. The topological polar surface area (TPSA) is 53.6 Å². The third kappa shape index (κ3) is 2.84. The number of aliphatic imine (C=N–C) groups is 1. The minimum atomic E-state index is 0.540. The molecular weight excluding hydrogens is 188 g/mol. The van der Waals surface area contributed by atoms with E-state index < -0.39 is 0 Å². The molecule has 0 aromatic heterocycles. The standard InChI is InChI=1S/C11H22N4/c1-2-9-4-3-7-15(8-9)11(14-12)13-10-5-6-10/h9-10H,2-8,12H2,1H3,(H,13,14). The van der Waals surface area contributed by atoms with Gasteiger partial charge in [-0.1, -0.05) is 13.3 Å². The van der Waals surface area contributed by atoms with Crippen molar-refractivity contribution in [3.05, 3.63) is 0 Å². The molecule has 0 bridgehead atoms. The Morgan fingerprint density at radius 2 is 2.27 bits per heavy atom. The molecule has 1 heterocycles. The van der Waals surface area contributed by atoms with E-state index in [9.17, 15) is 0 Å². The first-order chi connectivity index (χ1) is 7.33. The Balaban J connectivity index is 1.94. The maximum atomic E-state index is 5.54. The molecule has 1 unspecified atom stereocenters. The zero-order valence-corrected chi connectivity index (χ0v) is 9.58. The van der Waals surface area contributed by atoms with Crippen molar-refractivity contribution in [1.82, 2.24) is 10.3 Å². The molecule has 0 amide bonds. The second-order valence-electron chi connectivity index (χ2n) is 4.69. The van der Waals surface area contributed by atoms with E-state index in [2.05, 4.69) is 22.2 Å². The minimum Gasteiger partial charge on any atom is -0.342 e. The Bertz CT molecular complexity index is 235. The highest BCUT2D eigenvalue weighted by atomic mass is 15.4. The van der Waals surface area contributed by atoms with Crippen LogP contribution in [0, 0.1) is 5.92 Å². The lowest BCUT2D eigenvalue weighted by atomic mass is 9.96. The Labute approximate surface area is 91.9 Å². The van der Waals surface area contributed by atoms with Crippen LogP contribution in [-0.4, -0.2) is 30.0 Å². The van der Waals surface area contributed by atoms with Gasteiger partial charge in [0.2, 0.25) is 5.96 Å². The first-order valence-corrected chi connectivity index (χ1v) is 6.12. The van der Waals surface area contributed by atoms with Gasteiger partial charge in [-0.15, -0.1) is 0 Å². The number of hydrogen-bond donors (Lipinski definition) is 2. The third-order valence-corrected chi connectivity index (χ3v) is 3.38. The number of nitrogens with two attached hydrogens (primary N) is 1. The summed E-state index contributed by atoms with van der Waals surface area (Å²) in [6, 6.07) is 0.540. The predicted molar refractivity (Wildman–Crippen MR) is 62.4 cm³/mol. The maximum Gasteiger partial charge on any atom is 0.208 e. The van der Waals surface area contributed by atoms with Gasteiger partial charge in [0.05, 0.1) is 6.04 Å². The number of nitrogens with zero attached hydrogens (tertiary/aromatic N) is 2. The molecule has 0 spiro atoms. The van der Waals surface area contributed by atoms with E-state index in [1.807, 2.05) is 0 Å². The van der Waals surface area contributed by atoms with Crippen LogP contribution < -0.4 is 11.3 Å². The monoisotopic (exact) mass is 210 g/mol. The van der Waals surface area contributed by atoms with Crippen molar-refractivity contribution in [3.8, 4) is 0 Å². The number of nitrogens with one attached hydrogen (secondary N) is 1. The molecule has 4 heteroatoms. The number of rotatable bonds is 2. The van der Waals surface area contributed by atoms with Crippen molar-refractivity contribution >= 4 is 5.96 Å². The van der Waals surface area contributed by atoms with Crippen molar-refractivity contribution in [2.45, 2.75) is 45.1 Å². The summed E-state index contributed by atoms with van der Waals surface area (Å²) in [5.74, 6) is 7.27. The van der Waals surface area contributed by atoms with E-state index in [0.29, 0.717) is 6.04 Å².